The van der Waals surface area contributed by atoms with Crippen LogP contribution in [0.15, 0.2) is 18.2 Å². The number of hydrogen-bond acceptors (Lipinski definition) is 2. The maximum absolute atomic E-state index is 13.0. The van der Waals surface area contributed by atoms with E-state index in [2.05, 4.69) is 0 Å². The summed E-state index contributed by atoms with van der Waals surface area (Å²) >= 11 is 0. The van der Waals surface area contributed by atoms with E-state index in [0.717, 1.165) is 6.07 Å². The van der Waals surface area contributed by atoms with Crippen molar-refractivity contribution in [1.29, 1.82) is 0 Å². The van der Waals surface area contributed by atoms with Crippen molar-refractivity contribution in [3.05, 3.63) is 29.8 Å². The van der Waals surface area contributed by atoms with Gasteiger partial charge in [-0.05, 0) is 12.1 Å². The predicted octanol–water partition coefficient (Wildman–Crippen LogP) is 2.57. The molecule has 15 heavy (non-hydrogen) atoms. The Kier molecular flexibility index (Phi) is 3.77. The Morgan fingerprint density at radius 3 is 2.67 bits per heavy atom. The molecule has 1 rings (SSSR count). The van der Waals surface area contributed by atoms with Crippen molar-refractivity contribution in [2.24, 2.45) is 5.92 Å². The van der Waals surface area contributed by atoms with Crippen molar-refractivity contribution in [3.8, 4) is 5.75 Å². The van der Waals surface area contributed by atoms with Crippen LogP contribution >= 0.6 is 0 Å². The molecule has 0 aliphatic rings. The van der Waals surface area contributed by atoms with E-state index < -0.39 is 11.6 Å². The van der Waals surface area contributed by atoms with Crippen molar-refractivity contribution in [3.63, 3.8) is 0 Å². The quantitative estimate of drug-likeness (QED) is 0.770. The van der Waals surface area contributed by atoms with Crippen molar-refractivity contribution in [2.75, 3.05) is 6.61 Å². The van der Waals surface area contributed by atoms with Gasteiger partial charge in [-0.25, -0.2) is 4.39 Å². The van der Waals surface area contributed by atoms with Gasteiger partial charge in [0.2, 0.25) is 5.82 Å². The van der Waals surface area contributed by atoms with Gasteiger partial charge in [0.15, 0.2) is 17.3 Å². The first-order valence-corrected chi connectivity index (χ1v) is 4.62. The molecule has 1 aromatic rings. The van der Waals surface area contributed by atoms with Gasteiger partial charge in [-0.2, -0.15) is 4.39 Å². The predicted molar refractivity (Wildman–Crippen MR) is 51.7 cm³/mol. The Hall–Kier alpha value is -1.45. The van der Waals surface area contributed by atoms with E-state index in [0.29, 0.717) is 0 Å². The Bertz CT molecular complexity index is 362. The lowest BCUT2D eigenvalue weighted by molar-refractivity contribution is -0.123. The maximum Gasteiger partial charge on any atom is 0.200 e. The van der Waals surface area contributed by atoms with Gasteiger partial charge in [0.1, 0.15) is 6.61 Å². The molecule has 0 spiro atoms. The fourth-order valence-electron chi connectivity index (χ4n) is 0.911. The third-order valence-electron chi connectivity index (χ3n) is 1.93. The molecule has 0 aliphatic heterocycles. The van der Waals surface area contributed by atoms with Crippen molar-refractivity contribution in [2.45, 2.75) is 13.8 Å². The van der Waals surface area contributed by atoms with Crippen LogP contribution in [0.4, 0.5) is 8.78 Å². The number of hydrogen-bond donors (Lipinski definition) is 0. The number of carbonyl (C=O) groups is 1. The standard InChI is InChI=1S/C11H12F2O2/c1-7(2)9(14)6-15-10-5-3-4-8(12)11(10)13/h3-5,7H,6H2,1-2H3. The first-order valence-electron chi connectivity index (χ1n) is 4.62. The number of ether oxygens (including phenoxy) is 1. The van der Waals surface area contributed by atoms with Gasteiger partial charge in [-0.3, -0.25) is 4.79 Å². The molecule has 1 aromatic carbocycles. The molecule has 82 valence electrons. The highest BCUT2D eigenvalue weighted by Gasteiger charge is 2.12. The second-order valence-electron chi connectivity index (χ2n) is 3.46. The minimum Gasteiger partial charge on any atom is -0.483 e. The monoisotopic (exact) mass is 214 g/mol. The van der Waals surface area contributed by atoms with Crippen LogP contribution < -0.4 is 4.74 Å². The molecule has 0 bridgehead atoms. The van der Waals surface area contributed by atoms with Crippen molar-refractivity contribution >= 4 is 5.78 Å². The molecular formula is C11H12F2O2. The summed E-state index contributed by atoms with van der Waals surface area (Å²) in [5.74, 6) is -2.61. The SMILES string of the molecule is CC(C)C(=O)COc1cccc(F)c1F. The average molecular weight is 214 g/mol. The average Bonchev–Trinajstić information content (AvgIpc) is 2.19. The highest BCUT2D eigenvalue weighted by molar-refractivity contribution is 5.81. The number of halogens is 2. The second kappa shape index (κ2) is 4.87. The van der Waals surface area contributed by atoms with E-state index in [4.69, 9.17) is 4.74 Å². The summed E-state index contributed by atoms with van der Waals surface area (Å²) < 4.78 is 30.6. The first-order chi connectivity index (χ1) is 7.02. The molecule has 0 saturated heterocycles. The zero-order valence-electron chi connectivity index (χ0n) is 8.59. The Labute approximate surface area is 86.9 Å². The molecule has 0 amide bonds. The van der Waals surface area contributed by atoms with Crippen molar-refractivity contribution in [1.82, 2.24) is 0 Å². The van der Waals surface area contributed by atoms with Crippen LogP contribution in [-0.4, -0.2) is 12.4 Å². The van der Waals surface area contributed by atoms with E-state index >= 15 is 0 Å². The largest absolute Gasteiger partial charge is 0.483 e. The lowest BCUT2D eigenvalue weighted by Crippen LogP contribution is -2.17. The Balaban J connectivity index is 2.66. The summed E-state index contributed by atoms with van der Waals surface area (Å²) in [6, 6.07) is 3.60. The van der Waals surface area contributed by atoms with Crippen LogP contribution in [-0.2, 0) is 4.79 Å². The van der Waals surface area contributed by atoms with Gasteiger partial charge < -0.3 is 4.74 Å². The molecule has 0 aliphatic carbocycles. The van der Waals surface area contributed by atoms with Gasteiger partial charge in [0.05, 0.1) is 0 Å². The highest BCUT2D eigenvalue weighted by Crippen LogP contribution is 2.19. The minimum absolute atomic E-state index is 0.154. The maximum atomic E-state index is 13.0. The van der Waals surface area contributed by atoms with Gasteiger partial charge >= 0.3 is 0 Å². The molecule has 0 fully saturated rings. The fraction of sp³-hybridized carbons (Fsp3) is 0.364. The molecule has 0 unspecified atom stereocenters. The topological polar surface area (TPSA) is 26.3 Å². The van der Waals surface area contributed by atoms with E-state index in [9.17, 15) is 13.6 Å². The second-order valence-corrected chi connectivity index (χ2v) is 3.46. The third-order valence-corrected chi connectivity index (χ3v) is 1.93. The lowest BCUT2D eigenvalue weighted by Gasteiger charge is -2.08. The summed E-state index contributed by atoms with van der Waals surface area (Å²) in [6.07, 6.45) is 0. The Morgan fingerprint density at radius 1 is 1.40 bits per heavy atom. The number of Topliss-reactive ketones (excluding diaryl/α,β-unsaturated/α-hetero) is 1. The zero-order valence-corrected chi connectivity index (χ0v) is 8.59. The van der Waals surface area contributed by atoms with Crippen LogP contribution in [0.3, 0.4) is 0 Å². The summed E-state index contributed by atoms with van der Waals surface area (Å²) in [5, 5.41) is 0. The van der Waals surface area contributed by atoms with E-state index in [1.165, 1.54) is 12.1 Å². The van der Waals surface area contributed by atoms with Crippen LogP contribution in [0.5, 0.6) is 5.75 Å². The van der Waals surface area contributed by atoms with Crippen LogP contribution in [0.1, 0.15) is 13.8 Å². The number of benzene rings is 1. The number of ketones is 1. The van der Waals surface area contributed by atoms with Crippen LogP contribution in [0.25, 0.3) is 0 Å². The van der Waals surface area contributed by atoms with Gasteiger partial charge in [-0.15, -0.1) is 0 Å². The molecule has 0 atom stereocenters. The molecule has 4 heteroatoms. The van der Waals surface area contributed by atoms with E-state index in [1.807, 2.05) is 0 Å². The van der Waals surface area contributed by atoms with Gasteiger partial charge in [0, 0.05) is 5.92 Å². The normalized spacial score (nSPS) is 10.5. The Morgan fingerprint density at radius 2 is 2.07 bits per heavy atom. The van der Waals surface area contributed by atoms with E-state index in [1.54, 1.807) is 13.8 Å². The molecular weight excluding hydrogens is 202 g/mol. The zero-order chi connectivity index (χ0) is 11.4. The molecule has 0 saturated carbocycles. The number of carbonyl (C=O) groups excluding carboxylic acids is 1. The van der Waals surface area contributed by atoms with Gasteiger partial charge in [-0.1, -0.05) is 19.9 Å². The van der Waals surface area contributed by atoms with E-state index in [-0.39, 0.29) is 24.1 Å². The van der Waals surface area contributed by atoms with Crippen LogP contribution in [0, 0.1) is 17.6 Å². The van der Waals surface area contributed by atoms with Crippen LogP contribution in [0.2, 0.25) is 0 Å². The minimum atomic E-state index is -1.06. The fourth-order valence-corrected chi connectivity index (χ4v) is 0.911. The molecule has 0 heterocycles. The summed E-state index contributed by atoms with van der Waals surface area (Å²) in [6.45, 7) is 3.19. The highest BCUT2D eigenvalue weighted by atomic mass is 19.2. The first kappa shape index (κ1) is 11.6. The summed E-state index contributed by atoms with van der Waals surface area (Å²) in [5.41, 5.74) is 0. The molecule has 2 nitrogen and oxygen atoms in total. The number of rotatable bonds is 4. The molecule has 0 aromatic heterocycles. The summed E-state index contributed by atoms with van der Waals surface area (Å²) in [7, 11) is 0. The van der Waals surface area contributed by atoms with Crippen molar-refractivity contribution < 1.29 is 18.3 Å². The molecule has 0 radical (unpaired) electrons. The lowest BCUT2D eigenvalue weighted by atomic mass is 10.1. The molecule has 0 N–H and O–H groups in total. The van der Waals surface area contributed by atoms with Gasteiger partial charge in [0.25, 0.3) is 0 Å². The summed E-state index contributed by atoms with van der Waals surface area (Å²) in [4.78, 5) is 11.2. The smallest absolute Gasteiger partial charge is 0.200 e. The third kappa shape index (κ3) is 3.01.